The average molecular weight is 182 g/mol. The van der Waals surface area contributed by atoms with Crippen LogP contribution in [0, 0.1) is 0 Å². The van der Waals surface area contributed by atoms with Gasteiger partial charge in [0.25, 0.3) is 0 Å². The normalized spacial score (nSPS) is 15.8. The van der Waals surface area contributed by atoms with Crippen molar-refractivity contribution in [2.45, 2.75) is 38.6 Å². The summed E-state index contributed by atoms with van der Waals surface area (Å²) in [5.74, 6) is 0. The van der Waals surface area contributed by atoms with Crippen LogP contribution in [0.3, 0.4) is 0 Å². The third-order valence-corrected chi connectivity index (χ3v) is 2.41. The average Bonchev–Trinajstić information content (AvgIpc) is 2.94. The molecule has 0 aromatic heterocycles. The lowest BCUT2D eigenvalue weighted by atomic mass is 10.3. The Hall–Kier alpha value is -0.730. The zero-order valence-corrected chi connectivity index (χ0v) is 8.32. The molecule has 0 heterocycles. The van der Waals surface area contributed by atoms with Crippen molar-refractivity contribution in [3.8, 4) is 0 Å². The molecule has 1 fully saturated rings. The van der Waals surface area contributed by atoms with Gasteiger partial charge < -0.3 is 4.90 Å². The van der Waals surface area contributed by atoms with Crippen LogP contribution < -0.4 is 0 Å². The van der Waals surface area contributed by atoms with Crippen molar-refractivity contribution in [1.29, 1.82) is 0 Å². The highest BCUT2D eigenvalue weighted by molar-refractivity contribution is 4.84. The zero-order chi connectivity index (χ0) is 9.52. The van der Waals surface area contributed by atoms with Gasteiger partial charge in [-0.3, -0.25) is 0 Å². The van der Waals surface area contributed by atoms with Gasteiger partial charge in [-0.05, 0) is 31.3 Å². The van der Waals surface area contributed by atoms with Gasteiger partial charge in [0, 0.05) is 24.0 Å². The molecule has 1 aliphatic carbocycles. The zero-order valence-electron chi connectivity index (χ0n) is 8.32. The Bertz CT molecular complexity index is 182. The van der Waals surface area contributed by atoms with Gasteiger partial charge in [-0.15, -0.1) is 0 Å². The number of rotatable bonds is 7. The minimum absolute atomic E-state index is 0.622. The van der Waals surface area contributed by atoms with Crippen molar-refractivity contribution in [3.05, 3.63) is 10.4 Å². The van der Waals surface area contributed by atoms with Crippen LogP contribution in [-0.4, -0.2) is 30.6 Å². The van der Waals surface area contributed by atoms with Gasteiger partial charge in [0.15, 0.2) is 0 Å². The molecule has 13 heavy (non-hydrogen) atoms. The van der Waals surface area contributed by atoms with Crippen LogP contribution in [0.25, 0.3) is 10.4 Å². The summed E-state index contributed by atoms with van der Waals surface area (Å²) >= 11 is 0. The SMILES string of the molecule is CCCCN(CCN=[N+]=[N-])C1CC1. The van der Waals surface area contributed by atoms with E-state index in [-0.39, 0.29) is 0 Å². The molecule has 0 amide bonds. The molecule has 4 nitrogen and oxygen atoms in total. The molecule has 0 N–H and O–H groups in total. The smallest absolute Gasteiger partial charge is 0.0385 e. The lowest BCUT2D eigenvalue weighted by molar-refractivity contribution is 0.266. The van der Waals surface area contributed by atoms with E-state index in [0.29, 0.717) is 6.54 Å². The van der Waals surface area contributed by atoms with E-state index in [9.17, 15) is 0 Å². The predicted octanol–water partition coefficient (Wildman–Crippen LogP) is 2.56. The number of nitrogens with zero attached hydrogens (tertiary/aromatic N) is 4. The highest BCUT2D eigenvalue weighted by atomic mass is 15.2. The molecule has 4 heteroatoms. The third-order valence-electron chi connectivity index (χ3n) is 2.41. The van der Waals surface area contributed by atoms with Crippen LogP contribution in [0.5, 0.6) is 0 Å². The van der Waals surface area contributed by atoms with Gasteiger partial charge in [-0.2, -0.15) is 0 Å². The maximum Gasteiger partial charge on any atom is 0.0385 e. The molecular weight excluding hydrogens is 164 g/mol. The second-order valence-electron chi connectivity index (χ2n) is 3.58. The molecule has 0 bridgehead atoms. The molecule has 0 unspecified atom stereocenters. The Labute approximate surface area is 79.5 Å². The molecule has 0 aromatic rings. The third kappa shape index (κ3) is 4.15. The van der Waals surface area contributed by atoms with Crippen molar-refractivity contribution < 1.29 is 0 Å². The van der Waals surface area contributed by atoms with Crippen molar-refractivity contribution in [2.24, 2.45) is 5.11 Å². The van der Waals surface area contributed by atoms with Crippen molar-refractivity contribution in [2.75, 3.05) is 19.6 Å². The first kappa shape index (κ1) is 10.4. The largest absolute Gasteiger partial charge is 0.300 e. The Balaban J connectivity index is 2.16. The number of hydrogen-bond donors (Lipinski definition) is 0. The molecule has 0 atom stereocenters. The summed E-state index contributed by atoms with van der Waals surface area (Å²) in [6.45, 7) is 4.94. The summed E-state index contributed by atoms with van der Waals surface area (Å²) in [7, 11) is 0. The van der Waals surface area contributed by atoms with Crippen molar-refractivity contribution in [3.63, 3.8) is 0 Å². The first-order valence-corrected chi connectivity index (χ1v) is 5.13. The second-order valence-corrected chi connectivity index (χ2v) is 3.58. The van der Waals surface area contributed by atoms with Gasteiger partial charge in [0.1, 0.15) is 0 Å². The van der Waals surface area contributed by atoms with Crippen LogP contribution in [-0.2, 0) is 0 Å². The van der Waals surface area contributed by atoms with Gasteiger partial charge in [-0.25, -0.2) is 0 Å². The van der Waals surface area contributed by atoms with Crippen LogP contribution in [0.4, 0.5) is 0 Å². The molecule has 74 valence electrons. The van der Waals surface area contributed by atoms with E-state index < -0.39 is 0 Å². The minimum Gasteiger partial charge on any atom is -0.300 e. The maximum absolute atomic E-state index is 8.15. The lowest BCUT2D eigenvalue weighted by Crippen LogP contribution is -2.29. The van der Waals surface area contributed by atoms with Gasteiger partial charge in [-0.1, -0.05) is 18.5 Å². The number of azide groups is 1. The van der Waals surface area contributed by atoms with Crippen molar-refractivity contribution in [1.82, 2.24) is 4.90 Å². The number of hydrogen-bond acceptors (Lipinski definition) is 2. The highest BCUT2D eigenvalue weighted by Crippen LogP contribution is 2.26. The Morgan fingerprint density at radius 1 is 1.46 bits per heavy atom. The van der Waals surface area contributed by atoms with E-state index in [1.54, 1.807) is 0 Å². The monoisotopic (exact) mass is 182 g/mol. The summed E-state index contributed by atoms with van der Waals surface area (Å²) in [5, 5.41) is 3.57. The van der Waals surface area contributed by atoms with E-state index in [1.165, 1.54) is 32.2 Å². The topological polar surface area (TPSA) is 52.0 Å². The first-order chi connectivity index (χ1) is 6.38. The number of unbranched alkanes of at least 4 members (excludes halogenated alkanes) is 1. The lowest BCUT2D eigenvalue weighted by Gasteiger charge is -2.20. The summed E-state index contributed by atoms with van der Waals surface area (Å²) in [6, 6.07) is 0.792. The van der Waals surface area contributed by atoms with E-state index in [2.05, 4.69) is 21.8 Å². The van der Waals surface area contributed by atoms with E-state index in [4.69, 9.17) is 5.53 Å². The van der Waals surface area contributed by atoms with E-state index in [0.717, 1.165) is 12.6 Å². The quantitative estimate of drug-likeness (QED) is 0.339. The van der Waals surface area contributed by atoms with Crippen molar-refractivity contribution >= 4 is 0 Å². The molecule has 1 rings (SSSR count). The Kier molecular flexibility index (Phi) is 4.65. The summed E-state index contributed by atoms with van der Waals surface area (Å²) in [6.07, 6.45) is 5.16. The Morgan fingerprint density at radius 2 is 2.23 bits per heavy atom. The fraction of sp³-hybridized carbons (Fsp3) is 1.00. The van der Waals surface area contributed by atoms with Crippen LogP contribution in [0.1, 0.15) is 32.6 Å². The first-order valence-electron chi connectivity index (χ1n) is 5.13. The molecule has 0 saturated heterocycles. The fourth-order valence-electron chi connectivity index (χ4n) is 1.50. The minimum atomic E-state index is 0.622. The van der Waals surface area contributed by atoms with Crippen LogP contribution in [0.15, 0.2) is 5.11 Å². The molecule has 0 aromatic carbocycles. The fourth-order valence-corrected chi connectivity index (χ4v) is 1.50. The van der Waals surface area contributed by atoms with Gasteiger partial charge in [0.2, 0.25) is 0 Å². The van der Waals surface area contributed by atoms with E-state index >= 15 is 0 Å². The molecule has 0 spiro atoms. The maximum atomic E-state index is 8.15. The molecule has 1 aliphatic rings. The van der Waals surface area contributed by atoms with Crippen LogP contribution in [0.2, 0.25) is 0 Å². The second kappa shape index (κ2) is 5.84. The Morgan fingerprint density at radius 3 is 2.77 bits per heavy atom. The highest BCUT2D eigenvalue weighted by Gasteiger charge is 2.27. The summed E-state index contributed by atoms with van der Waals surface area (Å²) in [4.78, 5) is 5.22. The van der Waals surface area contributed by atoms with Gasteiger partial charge in [0.05, 0.1) is 0 Å². The molecular formula is C9H18N4. The molecule has 1 saturated carbocycles. The van der Waals surface area contributed by atoms with Crippen LogP contribution >= 0.6 is 0 Å². The molecule has 0 aliphatic heterocycles. The summed E-state index contributed by atoms with van der Waals surface area (Å²) in [5.41, 5.74) is 8.15. The summed E-state index contributed by atoms with van der Waals surface area (Å²) < 4.78 is 0. The van der Waals surface area contributed by atoms with E-state index in [1.807, 2.05) is 0 Å². The van der Waals surface area contributed by atoms with Gasteiger partial charge >= 0.3 is 0 Å². The molecule has 0 radical (unpaired) electrons. The predicted molar refractivity (Wildman–Crippen MR) is 53.5 cm³/mol. The standard InChI is InChI=1S/C9H18N4/c1-2-3-7-13(9-4-5-9)8-6-11-12-10/h9H,2-8H2,1H3.